The minimum absolute atomic E-state index is 0.170. The van der Waals surface area contributed by atoms with Gasteiger partial charge < -0.3 is 9.84 Å². The van der Waals surface area contributed by atoms with Crippen molar-refractivity contribution in [3.8, 4) is 5.75 Å². The van der Waals surface area contributed by atoms with Crippen molar-refractivity contribution in [3.05, 3.63) is 29.8 Å². The number of rotatable bonds is 7. The molecule has 0 spiro atoms. The van der Waals surface area contributed by atoms with Crippen LogP contribution < -0.4 is 4.74 Å². The summed E-state index contributed by atoms with van der Waals surface area (Å²) in [4.78, 5) is 10.5. The van der Waals surface area contributed by atoms with E-state index in [2.05, 4.69) is 20.8 Å². The van der Waals surface area contributed by atoms with Crippen LogP contribution in [0.4, 0.5) is 0 Å². The van der Waals surface area contributed by atoms with Gasteiger partial charge in [0, 0.05) is 6.42 Å². The summed E-state index contributed by atoms with van der Waals surface area (Å²) in [6.45, 7) is 6.41. The number of hydrogen-bond acceptors (Lipinski definition) is 2. The van der Waals surface area contributed by atoms with E-state index in [0.29, 0.717) is 12.3 Å². The molecule has 1 N–H and O–H groups in total. The van der Waals surface area contributed by atoms with Gasteiger partial charge in [0.05, 0.1) is 0 Å². The molecule has 0 amide bonds. The average molecular weight is 250 g/mol. The second-order valence-corrected chi connectivity index (χ2v) is 4.85. The molecule has 1 aromatic carbocycles. The van der Waals surface area contributed by atoms with E-state index in [1.165, 1.54) is 0 Å². The van der Waals surface area contributed by atoms with E-state index in [4.69, 9.17) is 9.84 Å². The smallest absolute Gasteiger partial charge is 0.303 e. The highest BCUT2D eigenvalue weighted by Gasteiger charge is 2.12. The summed E-state index contributed by atoms with van der Waals surface area (Å²) in [5.41, 5.74) is 1.03. The second-order valence-electron chi connectivity index (χ2n) is 4.85. The van der Waals surface area contributed by atoms with Gasteiger partial charge in [-0.1, -0.05) is 32.9 Å². The maximum Gasteiger partial charge on any atom is 0.303 e. The van der Waals surface area contributed by atoms with Gasteiger partial charge in [0.1, 0.15) is 11.9 Å². The molecule has 1 atom stereocenters. The molecule has 0 aliphatic heterocycles. The van der Waals surface area contributed by atoms with Gasteiger partial charge in [-0.15, -0.1) is 0 Å². The molecule has 0 saturated carbocycles. The topological polar surface area (TPSA) is 46.5 Å². The Labute approximate surface area is 109 Å². The summed E-state index contributed by atoms with van der Waals surface area (Å²) >= 11 is 0. The fraction of sp³-hybridized carbons (Fsp3) is 0.533. The molecule has 3 nitrogen and oxygen atoms in total. The molecule has 3 heteroatoms. The van der Waals surface area contributed by atoms with Crippen molar-refractivity contribution in [2.75, 3.05) is 0 Å². The van der Waals surface area contributed by atoms with Crippen molar-refractivity contribution < 1.29 is 14.6 Å². The van der Waals surface area contributed by atoms with Crippen LogP contribution in [0.5, 0.6) is 5.75 Å². The van der Waals surface area contributed by atoms with Crippen molar-refractivity contribution >= 4 is 5.97 Å². The highest BCUT2D eigenvalue weighted by Crippen LogP contribution is 2.19. The highest BCUT2D eigenvalue weighted by atomic mass is 16.5. The Morgan fingerprint density at radius 2 is 1.89 bits per heavy atom. The highest BCUT2D eigenvalue weighted by molar-refractivity contribution is 5.67. The van der Waals surface area contributed by atoms with Gasteiger partial charge in [-0.3, -0.25) is 4.79 Å². The maximum absolute atomic E-state index is 10.5. The molecule has 0 radical (unpaired) electrons. The lowest BCUT2D eigenvalue weighted by Crippen LogP contribution is -2.21. The molecule has 100 valence electrons. The van der Waals surface area contributed by atoms with E-state index in [1.54, 1.807) is 0 Å². The van der Waals surface area contributed by atoms with Crippen LogP contribution in [-0.2, 0) is 11.2 Å². The van der Waals surface area contributed by atoms with Gasteiger partial charge in [-0.05, 0) is 36.5 Å². The van der Waals surface area contributed by atoms with E-state index in [9.17, 15) is 4.79 Å². The first-order valence-corrected chi connectivity index (χ1v) is 6.50. The zero-order valence-corrected chi connectivity index (χ0v) is 11.3. The molecule has 1 aromatic rings. The van der Waals surface area contributed by atoms with Crippen molar-refractivity contribution in [2.24, 2.45) is 5.92 Å². The summed E-state index contributed by atoms with van der Waals surface area (Å²) in [5, 5.41) is 8.62. The van der Waals surface area contributed by atoms with E-state index < -0.39 is 5.97 Å². The van der Waals surface area contributed by atoms with Crippen LogP contribution in [0.1, 0.15) is 39.2 Å². The van der Waals surface area contributed by atoms with Gasteiger partial charge in [-0.25, -0.2) is 0 Å². The van der Waals surface area contributed by atoms with Gasteiger partial charge in [0.25, 0.3) is 0 Å². The van der Waals surface area contributed by atoms with Crippen LogP contribution in [0.2, 0.25) is 0 Å². The largest absolute Gasteiger partial charge is 0.490 e. The molecule has 0 aromatic heterocycles. The number of ether oxygens (including phenoxy) is 1. The predicted octanol–water partition coefficient (Wildman–Crippen LogP) is 3.52. The summed E-state index contributed by atoms with van der Waals surface area (Å²) in [6, 6.07) is 7.71. The quantitative estimate of drug-likeness (QED) is 0.805. The molecule has 1 rings (SSSR count). The maximum atomic E-state index is 10.5. The Kier molecular flexibility index (Phi) is 5.69. The van der Waals surface area contributed by atoms with Gasteiger partial charge in [-0.2, -0.15) is 0 Å². The van der Waals surface area contributed by atoms with Crippen molar-refractivity contribution in [3.63, 3.8) is 0 Å². The van der Waals surface area contributed by atoms with Gasteiger partial charge >= 0.3 is 5.97 Å². The fourth-order valence-electron chi connectivity index (χ4n) is 1.85. The molecule has 0 saturated heterocycles. The minimum Gasteiger partial charge on any atom is -0.490 e. The Morgan fingerprint density at radius 1 is 1.28 bits per heavy atom. The van der Waals surface area contributed by atoms with Gasteiger partial charge in [0.15, 0.2) is 0 Å². The zero-order valence-electron chi connectivity index (χ0n) is 11.3. The van der Waals surface area contributed by atoms with Crippen molar-refractivity contribution in [2.45, 2.75) is 46.1 Å². The molecule has 0 aliphatic rings. The van der Waals surface area contributed by atoms with Crippen LogP contribution in [-0.4, -0.2) is 17.2 Å². The zero-order chi connectivity index (χ0) is 13.5. The molecule has 18 heavy (non-hydrogen) atoms. The Hall–Kier alpha value is -1.51. The summed E-state index contributed by atoms with van der Waals surface area (Å²) < 4.78 is 5.89. The van der Waals surface area contributed by atoms with E-state index >= 15 is 0 Å². The predicted molar refractivity (Wildman–Crippen MR) is 71.9 cm³/mol. The Bertz CT molecular complexity index is 368. The van der Waals surface area contributed by atoms with Crippen LogP contribution in [0.15, 0.2) is 24.3 Å². The standard InChI is InChI=1S/C15H22O3/c1-4-14(11(2)3)18-13-8-5-12(6-9-13)7-10-15(16)17/h5-6,8-9,11,14H,4,7,10H2,1-3H3,(H,16,17). The van der Waals surface area contributed by atoms with Crippen LogP contribution in [0, 0.1) is 5.92 Å². The third-order valence-electron chi connectivity index (χ3n) is 2.98. The fourth-order valence-corrected chi connectivity index (χ4v) is 1.85. The number of aryl methyl sites for hydroxylation is 1. The van der Waals surface area contributed by atoms with E-state index in [0.717, 1.165) is 17.7 Å². The molecular formula is C15H22O3. The van der Waals surface area contributed by atoms with Crippen LogP contribution >= 0.6 is 0 Å². The average Bonchev–Trinajstić information content (AvgIpc) is 2.34. The normalized spacial score (nSPS) is 12.4. The number of hydrogen-bond donors (Lipinski definition) is 1. The summed E-state index contributed by atoms with van der Waals surface area (Å²) in [5.74, 6) is 0.581. The molecule has 1 unspecified atom stereocenters. The summed E-state index contributed by atoms with van der Waals surface area (Å²) in [6.07, 6.45) is 1.95. The first kappa shape index (κ1) is 14.6. The lowest BCUT2D eigenvalue weighted by molar-refractivity contribution is -0.136. The Morgan fingerprint density at radius 3 is 2.33 bits per heavy atom. The number of benzene rings is 1. The first-order valence-electron chi connectivity index (χ1n) is 6.50. The first-order chi connectivity index (χ1) is 8.52. The van der Waals surface area contributed by atoms with E-state index in [1.807, 2.05) is 24.3 Å². The van der Waals surface area contributed by atoms with Crippen LogP contribution in [0.25, 0.3) is 0 Å². The monoisotopic (exact) mass is 250 g/mol. The van der Waals surface area contributed by atoms with Crippen LogP contribution in [0.3, 0.4) is 0 Å². The molecule has 0 bridgehead atoms. The van der Waals surface area contributed by atoms with Crippen molar-refractivity contribution in [1.82, 2.24) is 0 Å². The van der Waals surface area contributed by atoms with E-state index in [-0.39, 0.29) is 12.5 Å². The number of carboxylic acids is 1. The summed E-state index contributed by atoms with van der Waals surface area (Å²) in [7, 11) is 0. The third kappa shape index (κ3) is 4.78. The van der Waals surface area contributed by atoms with Gasteiger partial charge in [0.2, 0.25) is 0 Å². The SMILES string of the molecule is CCC(Oc1ccc(CCC(=O)O)cc1)C(C)C. The number of carbonyl (C=O) groups is 1. The lowest BCUT2D eigenvalue weighted by Gasteiger charge is -2.21. The molecular weight excluding hydrogens is 228 g/mol. The Balaban J connectivity index is 2.56. The van der Waals surface area contributed by atoms with Crippen molar-refractivity contribution in [1.29, 1.82) is 0 Å². The second kappa shape index (κ2) is 7.04. The molecule has 0 heterocycles. The lowest BCUT2D eigenvalue weighted by atomic mass is 10.0. The number of carboxylic acid groups (broad SMARTS) is 1. The minimum atomic E-state index is -0.763. The molecule has 0 aliphatic carbocycles. The number of aliphatic carboxylic acids is 1. The third-order valence-corrected chi connectivity index (χ3v) is 2.98. The molecule has 0 fully saturated rings.